The smallest absolute Gasteiger partial charge is 0.180 e. The lowest BCUT2D eigenvalue weighted by atomic mass is 10.1. The number of rotatable bonds is 4. The molecule has 2 heterocycles. The van der Waals surface area contributed by atoms with Crippen LogP contribution < -0.4 is 0 Å². The van der Waals surface area contributed by atoms with E-state index in [1.54, 1.807) is 5.51 Å². The van der Waals surface area contributed by atoms with Gasteiger partial charge in [0.1, 0.15) is 5.51 Å². The molecular formula is C15H19ClN4S2. The van der Waals surface area contributed by atoms with E-state index in [-0.39, 0.29) is 0 Å². The average Bonchev–Trinajstić information content (AvgIpc) is 2.93. The SMILES string of the molecule is C[C@@H](c1ccccc1Cl)N1CCN(Cn2ncsc2=S)CC1. The lowest BCUT2D eigenvalue weighted by Gasteiger charge is -2.38. The van der Waals surface area contributed by atoms with Crippen molar-refractivity contribution in [3.63, 3.8) is 0 Å². The molecule has 0 spiro atoms. The van der Waals surface area contributed by atoms with E-state index in [9.17, 15) is 0 Å². The molecule has 1 aromatic heterocycles. The minimum absolute atomic E-state index is 0.345. The molecule has 0 aliphatic carbocycles. The van der Waals surface area contributed by atoms with E-state index in [0.717, 1.165) is 41.8 Å². The van der Waals surface area contributed by atoms with Crippen LogP contribution in [-0.4, -0.2) is 45.8 Å². The standard InChI is InChI=1S/C15H19ClN4S2/c1-12(13-4-2-3-5-14(13)16)19-8-6-18(7-9-19)11-20-15(21)22-10-17-20/h2-5,10,12H,6-9,11H2,1H3/t12-/m0/s1. The number of nitrogens with zero attached hydrogens (tertiary/aromatic N) is 4. The van der Waals surface area contributed by atoms with Crippen LogP contribution in [0.25, 0.3) is 0 Å². The van der Waals surface area contributed by atoms with Gasteiger partial charge in [0.15, 0.2) is 3.95 Å². The molecule has 118 valence electrons. The summed E-state index contributed by atoms with van der Waals surface area (Å²) in [5, 5.41) is 5.13. The van der Waals surface area contributed by atoms with Gasteiger partial charge in [0, 0.05) is 37.2 Å². The van der Waals surface area contributed by atoms with Crippen molar-refractivity contribution in [3.05, 3.63) is 44.3 Å². The van der Waals surface area contributed by atoms with Gasteiger partial charge in [-0.3, -0.25) is 9.80 Å². The van der Waals surface area contributed by atoms with Crippen molar-refractivity contribution in [1.29, 1.82) is 0 Å². The maximum atomic E-state index is 6.32. The molecule has 0 radical (unpaired) electrons. The monoisotopic (exact) mass is 354 g/mol. The second-order valence-electron chi connectivity index (χ2n) is 5.50. The first-order valence-corrected chi connectivity index (χ1v) is 9.03. The number of piperazine rings is 1. The van der Waals surface area contributed by atoms with Crippen molar-refractivity contribution in [3.8, 4) is 0 Å². The second kappa shape index (κ2) is 7.19. The maximum absolute atomic E-state index is 6.32. The zero-order valence-electron chi connectivity index (χ0n) is 12.5. The minimum Gasteiger partial charge on any atom is -0.294 e. The van der Waals surface area contributed by atoms with E-state index >= 15 is 0 Å². The summed E-state index contributed by atoms with van der Waals surface area (Å²) >= 11 is 13.1. The van der Waals surface area contributed by atoms with Crippen LogP contribution in [0.4, 0.5) is 0 Å². The van der Waals surface area contributed by atoms with Crippen LogP contribution in [0.1, 0.15) is 18.5 Å². The lowest BCUT2D eigenvalue weighted by molar-refractivity contribution is 0.0791. The van der Waals surface area contributed by atoms with Gasteiger partial charge in [-0.2, -0.15) is 5.10 Å². The Balaban J connectivity index is 1.59. The van der Waals surface area contributed by atoms with Gasteiger partial charge in [-0.05, 0) is 30.8 Å². The first kappa shape index (κ1) is 16.1. The number of halogens is 1. The van der Waals surface area contributed by atoms with Crippen LogP contribution >= 0.6 is 35.2 Å². The third-order valence-corrected chi connectivity index (χ3v) is 5.65. The highest BCUT2D eigenvalue weighted by molar-refractivity contribution is 7.73. The summed E-state index contributed by atoms with van der Waals surface area (Å²) in [6, 6.07) is 8.46. The molecule has 0 bridgehead atoms. The van der Waals surface area contributed by atoms with Crippen molar-refractivity contribution in [2.45, 2.75) is 19.6 Å². The number of aromatic nitrogens is 2. The largest absolute Gasteiger partial charge is 0.294 e. The molecule has 1 saturated heterocycles. The number of benzene rings is 1. The first-order chi connectivity index (χ1) is 10.6. The van der Waals surface area contributed by atoms with Crippen molar-refractivity contribution >= 4 is 35.2 Å². The van der Waals surface area contributed by atoms with Gasteiger partial charge in [-0.1, -0.05) is 41.1 Å². The summed E-state index contributed by atoms with van der Waals surface area (Å²) in [4.78, 5) is 4.88. The molecule has 1 atom stereocenters. The van der Waals surface area contributed by atoms with Crippen molar-refractivity contribution in [2.24, 2.45) is 0 Å². The Morgan fingerprint density at radius 1 is 1.27 bits per heavy atom. The summed E-state index contributed by atoms with van der Waals surface area (Å²) in [6.07, 6.45) is 0. The summed E-state index contributed by atoms with van der Waals surface area (Å²) in [5.74, 6) is 0. The minimum atomic E-state index is 0.345. The molecule has 0 N–H and O–H groups in total. The number of hydrogen-bond acceptors (Lipinski definition) is 5. The Hall–Kier alpha value is -0.790. The van der Waals surface area contributed by atoms with Crippen LogP contribution in [0.3, 0.4) is 0 Å². The molecule has 0 saturated carbocycles. The average molecular weight is 355 g/mol. The summed E-state index contributed by atoms with van der Waals surface area (Å²) in [6.45, 7) is 7.12. The fourth-order valence-corrected chi connectivity index (χ4v) is 3.83. The molecule has 22 heavy (non-hydrogen) atoms. The molecule has 1 fully saturated rings. The Bertz CT molecular complexity index is 676. The highest BCUT2D eigenvalue weighted by Gasteiger charge is 2.23. The van der Waals surface area contributed by atoms with Crippen molar-refractivity contribution in [2.75, 3.05) is 26.2 Å². The van der Waals surface area contributed by atoms with Gasteiger partial charge in [0.05, 0.1) is 6.67 Å². The van der Waals surface area contributed by atoms with E-state index in [4.69, 9.17) is 23.8 Å². The quantitative estimate of drug-likeness (QED) is 0.782. The molecule has 4 nitrogen and oxygen atoms in total. The lowest BCUT2D eigenvalue weighted by Crippen LogP contribution is -2.47. The Kier molecular flexibility index (Phi) is 5.25. The van der Waals surface area contributed by atoms with Gasteiger partial charge < -0.3 is 0 Å². The second-order valence-corrected chi connectivity index (χ2v) is 7.38. The molecule has 2 aromatic rings. The van der Waals surface area contributed by atoms with Gasteiger partial charge in [-0.25, -0.2) is 4.68 Å². The molecule has 1 aliphatic rings. The molecule has 0 amide bonds. The van der Waals surface area contributed by atoms with E-state index in [2.05, 4.69) is 34.0 Å². The van der Waals surface area contributed by atoms with Gasteiger partial charge in [-0.15, -0.1) is 0 Å². The zero-order chi connectivity index (χ0) is 15.5. The van der Waals surface area contributed by atoms with E-state index in [0.29, 0.717) is 6.04 Å². The first-order valence-electron chi connectivity index (χ1n) is 7.36. The van der Waals surface area contributed by atoms with Crippen LogP contribution in [0, 0.1) is 3.95 Å². The normalized spacial score (nSPS) is 18.5. The fraction of sp³-hybridized carbons (Fsp3) is 0.467. The van der Waals surface area contributed by atoms with Crippen LogP contribution in [0.5, 0.6) is 0 Å². The topological polar surface area (TPSA) is 24.3 Å². The van der Waals surface area contributed by atoms with Crippen LogP contribution in [0.2, 0.25) is 5.02 Å². The Morgan fingerprint density at radius 3 is 2.64 bits per heavy atom. The molecule has 0 unspecified atom stereocenters. The van der Waals surface area contributed by atoms with Gasteiger partial charge >= 0.3 is 0 Å². The summed E-state index contributed by atoms with van der Waals surface area (Å²) < 4.78 is 2.74. The predicted molar refractivity (Wildman–Crippen MR) is 94.0 cm³/mol. The summed E-state index contributed by atoms with van der Waals surface area (Å²) in [5.41, 5.74) is 3.01. The fourth-order valence-electron chi connectivity index (χ4n) is 2.82. The van der Waals surface area contributed by atoms with Crippen LogP contribution in [0.15, 0.2) is 29.8 Å². The number of hydrogen-bond donors (Lipinski definition) is 0. The van der Waals surface area contributed by atoms with E-state index < -0.39 is 0 Å². The van der Waals surface area contributed by atoms with E-state index in [1.807, 2.05) is 16.8 Å². The molecule has 1 aliphatic heterocycles. The van der Waals surface area contributed by atoms with Crippen molar-refractivity contribution in [1.82, 2.24) is 19.6 Å². The van der Waals surface area contributed by atoms with Gasteiger partial charge in [0.25, 0.3) is 0 Å². The van der Waals surface area contributed by atoms with Crippen LogP contribution in [-0.2, 0) is 6.67 Å². The third kappa shape index (κ3) is 3.58. The highest BCUT2D eigenvalue weighted by atomic mass is 35.5. The molecular weight excluding hydrogens is 336 g/mol. The summed E-state index contributed by atoms with van der Waals surface area (Å²) in [7, 11) is 0. The Labute approximate surface area is 144 Å². The van der Waals surface area contributed by atoms with Crippen molar-refractivity contribution < 1.29 is 0 Å². The van der Waals surface area contributed by atoms with E-state index in [1.165, 1.54) is 16.9 Å². The zero-order valence-corrected chi connectivity index (χ0v) is 14.9. The molecule has 7 heteroatoms. The maximum Gasteiger partial charge on any atom is 0.180 e. The Morgan fingerprint density at radius 2 is 2.00 bits per heavy atom. The third-order valence-electron chi connectivity index (χ3n) is 4.19. The highest BCUT2D eigenvalue weighted by Crippen LogP contribution is 2.27. The van der Waals surface area contributed by atoms with Gasteiger partial charge in [0.2, 0.25) is 0 Å². The predicted octanol–water partition coefficient (Wildman–Crippen LogP) is 3.66. The molecule has 3 rings (SSSR count). The molecule has 1 aromatic carbocycles.